The van der Waals surface area contributed by atoms with Gasteiger partial charge in [0.2, 0.25) is 5.95 Å². The molecule has 0 N–H and O–H groups in total. The minimum atomic E-state index is -0.352. The lowest BCUT2D eigenvalue weighted by molar-refractivity contribution is 0.563. The van der Waals surface area contributed by atoms with Crippen molar-refractivity contribution in [3.63, 3.8) is 0 Å². The first kappa shape index (κ1) is 15.6. The molecule has 0 fully saturated rings. The molecule has 0 radical (unpaired) electrons. The number of hydrogen-bond acceptors (Lipinski definition) is 5. The van der Waals surface area contributed by atoms with E-state index in [0.717, 1.165) is 43.0 Å². The fourth-order valence-electron chi connectivity index (χ4n) is 3.43. The maximum atomic E-state index is 12.6. The third kappa shape index (κ3) is 2.45. The summed E-state index contributed by atoms with van der Waals surface area (Å²) in [4.78, 5) is 35.7. The maximum Gasteiger partial charge on any atom is 0.332 e. The molecule has 8 heteroatoms. The number of imidazole rings is 1. The van der Waals surface area contributed by atoms with Crippen LogP contribution in [-0.4, -0.2) is 36.8 Å². The molecule has 4 heterocycles. The van der Waals surface area contributed by atoms with Gasteiger partial charge in [-0.05, 0) is 24.5 Å². The van der Waals surface area contributed by atoms with Gasteiger partial charge in [-0.2, -0.15) is 4.98 Å². The monoisotopic (exact) mass is 340 g/mol. The molecule has 0 unspecified atom stereocenters. The van der Waals surface area contributed by atoms with Crippen molar-refractivity contribution in [3.05, 3.63) is 50.9 Å². The van der Waals surface area contributed by atoms with Crippen LogP contribution in [0.15, 0.2) is 34.1 Å². The van der Waals surface area contributed by atoms with Crippen molar-refractivity contribution in [1.82, 2.24) is 23.7 Å². The highest BCUT2D eigenvalue weighted by Gasteiger charge is 2.25. The van der Waals surface area contributed by atoms with Gasteiger partial charge in [-0.15, -0.1) is 0 Å². The second-order valence-corrected chi connectivity index (χ2v) is 6.39. The predicted molar refractivity (Wildman–Crippen MR) is 95.0 cm³/mol. The van der Waals surface area contributed by atoms with Crippen LogP contribution in [0.4, 0.5) is 5.95 Å². The van der Waals surface area contributed by atoms with Gasteiger partial charge in [0.15, 0.2) is 11.2 Å². The Morgan fingerprint density at radius 3 is 2.76 bits per heavy atom. The third-order valence-electron chi connectivity index (χ3n) is 4.81. The van der Waals surface area contributed by atoms with Gasteiger partial charge in [0.25, 0.3) is 5.56 Å². The Morgan fingerprint density at radius 2 is 2.00 bits per heavy atom. The van der Waals surface area contributed by atoms with E-state index in [9.17, 15) is 9.59 Å². The van der Waals surface area contributed by atoms with E-state index in [2.05, 4.69) is 20.9 Å². The minimum absolute atomic E-state index is 0.286. The molecule has 0 spiro atoms. The Labute approximate surface area is 144 Å². The molecular formula is C17H20N6O2. The average molecular weight is 340 g/mol. The molecule has 0 saturated heterocycles. The molecule has 0 saturated carbocycles. The van der Waals surface area contributed by atoms with Crippen molar-refractivity contribution >= 4 is 17.1 Å². The number of aromatic nitrogens is 5. The van der Waals surface area contributed by atoms with Gasteiger partial charge in [-0.1, -0.05) is 6.07 Å². The normalized spacial score (nSPS) is 14.1. The topological polar surface area (TPSA) is 78.0 Å². The molecule has 1 aliphatic heterocycles. The number of nitrogens with zero attached hydrogens (tertiary/aromatic N) is 6. The van der Waals surface area contributed by atoms with Gasteiger partial charge in [0.05, 0.1) is 0 Å². The average Bonchev–Trinajstić information content (AvgIpc) is 3.04. The molecule has 0 aliphatic carbocycles. The number of fused-ring (bicyclic) bond motifs is 3. The Hall–Kier alpha value is -2.90. The zero-order valence-corrected chi connectivity index (χ0v) is 14.3. The molecular weight excluding hydrogens is 320 g/mol. The van der Waals surface area contributed by atoms with Gasteiger partial charge in [-0.3, -0.25) is 18.9 Å². The van der Waals surface area contributed by atoms with Crippen molar-refractivity contribution in [2.24, 2.45) is 14.1 Å². The summed E-state index contributed by atoms with van der Waals surface area (Å²) in [6.45, 7) is 2.42. The Balaban J connectivity index is 1.77. The first-order chi connectivity index (χ1) is 12.1. The largest absolute Gasteiger partial charge is 0.342 e. The highest BCUT2D eigenvalue weighted by molar-refractivity contribution is 5.74. The van der Waals surface area contributed by atoms with Crippen LogP contribution in [0.1, 0.15) is 12.0 Å². The summed E-state index contributed by atoms with van der Waals surface area (Å²) in [7, 11) is 3.16. The van der Waals surface area contributed by atoms with Crippen LogP contribution in [0.25, 0.3) is 11.2 Å². The molecule has 0 amide bonds. The lowest BCUT2D eigenvalue weighted by Gasteiger charge is -2.28. The van der Waals surface area contributed by atoms with Crippen LogP contribution >= 0.6 is 0 Å². The van der Waals surface area contributed by atoms with E-state index in [-0.39, 0.29) is 11.2 Å². The van der Waals surface area contributed by atoms with Gasteiger partial charge < -0.3 is 9.47 Å². The summed E-state index contributed by atoms with van der Waals surface area (Å²) in [5.74, 6) is 0.767. The zero-order chi connectivity index (χ0) is 17.6. The van der Waals surface area contributed by atoms with E-state index >= 15 is 0 Å². The van der Waals surface area contributed by atoms with Crippen molar-refractivity contribution in [2.75, 3.05) is 18.0 Å². The van der Waals surface area contributed by atoms with Gasteiger partial charge >= 0.3 is 5.69 Å². The van der Waals surface area contributed by atoms with Crippen LogP contribution in [0, 0.1) is 0 Å². The number of hydrogen-bond donors (Lipinski definition) is 0. The first-order valence-corrected chi connectivity index (χ1v) is 8.38. The highest BCUT2D eigenvalue weighted by atomic mass is 16.2. The Kier molecular flexibility index (Phi) is 3.67. The van der Waals surface area contributed by atoms with Crippen LogP contribution in [0.5, 0.6) is 0 Å². The summed E-state index contributed by atoms with van der Waals surface area (Å²) < 4.78 is 4.54. The smallest absolute Gasteiger partial charge is 0.332 e. The zero-order valence-electron chi connectivity index (χ0n) is 14.3. The quantitative estimate of drug-likeness (QED) is 0.684. The Morgan fingerprint density at radius 1 is 1.16 bits per heavy atom. The van der Waals surface area contributed by atoms with E-state index in [1.54, 1.807) is 13.2 Å². The number of anilines is 1. The first-order valence-electron chi connectivity index (χ1n) is 8.38. The SMILES string of the molecule is Cn1c(=O)c2c(nc3n2CCCN3CCc2cccnc2)n(C)c1=O. The third-order valence-corrected chi connectivity index (χ3v) is 4.81. The lowest BCUT2D eigenvalue weighted by Crippen LogP contribution is -2.38. The molecule has 3 aromatic heterocycles. The fraction of sp³-hybridized carbons (Fsp3) is 0.412. The van der Waals surface area contributed by atoms with Crippen molar-refractivity contribution in [3.8, 4) is 0 Å². The molecule has 0 atom stereocenters. The van der Waals surface area contributed by atoms with Gasteiger partial charge in [-0.25, -0.2) is 4.79 Å². The molecule has 0 bridgehead atoms. The van der Waals surface area contributed by atoms with E-state index in [1.165, 1.54) is 17.2 Å². The van der Waals surface area contributed by atoms with Gasteiger partial charge in [0, 0.05) is 46.1 Å². The van der Waals surface area contributed by atoms with E-state index in [4.69, 9.17) is 0 Å². The second kappa shape index (κ2) is 5.87. The van der Waals surface area contributed by atoms with Crippen molar-refractivity contribution in [1.29, 1.82) is 0 Å². The van der Waals surface area contributed by atoms with E-state index in [1.807, 2.05) is 16.8 Å². The molecule has 25 heavy (non-hydrogen) atoms. The number of aryl methyl sites for hydroxylation is 2. The molecule has 8 nitrogen and oxygen atoms in total. The van der Waals surface area contributed by atoms with Crippen molar-refractivity contribution in [2.45, 2.75) is 19.4 Å². The molecule has 130 valence electrons. The van der Waals surface area contributed by atoms with Crippen LogP contribution in [0.3, 0.4) is 0 Å². The van der Waals surface area contributed by atoms with E-state index in [0.29, 0.717) is 11.2 Å². The summed E-state index contributed by atoms with van der Waals surface area (Å²) in [6, 6.07) is 3.99. The molecule has 1 aliphatic rings. The van der Waals surface area contributed by atoms with Gasteiger partial charge in [0.1, 0.15) is 0 Å². The minimum Gasteiger partial charge on any atom is -0.342 e. The lowest BCUT2D eigenvalue weighted by atomic mass is 10.2. The summed E-state index contributed by atoms with van der Waals surface area (Å²) in [5, 5.41) is 0. The van der Waals surface area contributed by atoms with Crippen molar-refractivity contribution < 1.29 is 0 Å². The summed E-state index contributed by atoms with van der Waals surface area (Å²) in [5.41, 5.74) is 1.49. The number of rotatable bonds is 3. The van der Waals surface area contributed by atoms with Crippen LogP contribution in [0.2, 0.25) is 0 Å². The molecule has 3 aromatic rings. The second-order valence-electron chi connectivity index (χ2n) is 6.39. The Bertz CT molecular complexity index is 1050. The van der Waals surface area contributed by atoms with Crippen LogP contribution < -0.4 is 16.1 Å². The maximum absolute atomic E-state index is 12.6. The summed E-state index contributed by atoms with van der Waals surface area (Å²) >= 11 is 0. The molecule has 0 aromatic carbocycles. The highest BCUT2D eigenvalue weighted by Crippen LogP contribution is 2.24. The molecule has 4 rings (SSSR count). The number of pyridine rings is 1. The van der Waals surface area contributed by atoms with E-state index < -0.39 is 0 Å². The predicted octanol–water partition coefficient (Wildman–Crippen LogP) is 0.281. The standard InChI is InChI=1S/C17H20N6O2/c1-20-14-13(15(24)21(2)17(20)25)23-9-4-8-22(16(23)19-14)10-6-12-5-3-7-18-11-12/h3,5,7,11H,4,6,8-10H2,1-2H3. The van der Waals surface area contributed by atoms with Crippen LogP contribution in [-0.2, 0) is 27.1 Å². The fourth-order valence-corrected chi connectivity index (χ4v) is 3.43. The summed E-state index contributed by atoms with van der Waals surface area (Å²) in [6.07, 6.45) is 5.43.